The number of aromatic nitrogens is 1. The number of nitrogens with zero attached hydrogens (tertiary/aromatic N) is 1. The zero-order valence-corrected chi connectivity index (χ0v) is 36.7. The zero-order chi connectivity index (χ0) is 43.2. The topological polar surface area (TPSA) is 19.0 Å². The molecule has 9 aromatic carbocycles. The molecule has 2 aliphatic carbocycles. The lowest BCUT2D eigenvalue weighted by atomic mass is 9.81. The molecule has 0 atom stereocenters. The van der Waals surface area contributed by atoms with Gasteiger partial charge in [0.25, 0.3) is 0 Å². The molecule has 2 heteroatoms. The molecule has 12 rings (SSSR count). The van der Waals surface area contributed by atoms with E-state index in [1.165, 1.54) is 94.4 Å². The minimum Gasteiger partial charge on any atom is -0.354 e. The summed E-state index contributed by atoms with van der Waals surface area (Å²) in [4.78, 5) is 6.29. The molecule has 0 saturated heterocycles. The van der Waals surface area contributed by atoms with E-state index in [0.717, 1.165) is 22.8 Å². The normalized spacial score (nSPS) is 13.9. The van der Waals surface area contributed by atoms with Gasteiger partial charge in [0.2, 0.25) is 0 Å². The molecule has 10 aromatic rings. The number of benzene rings is 9. The minimum atomic E-state index is -0.177. The molecule has 0 unspecified atom stereocenters. The number of rotatable bonds is 7. The SMILES string of the molecule is CC1(C)c2ccccc2-c2ccc(N(c3ccc(-c4ccccc4)cc3)c3ccc(-c4ccc5c(c4)C(C)(C)c4cc6[nH]c(-c7ccccc7)c(-c7ccccc7)c6cc4-5)cc3)cc21. The summed E-state index contributed by atoms with van der Waals surface area (Å²) >= 11 is 0. The van der Waals surface area contributed by atoms with Crippen LogP contribution >= 0.6 is 0 Å². The van der Waals surface area contributed by atoms with Crippen LogP contribution in [0.2, 0.25) is 0 Å². The van der Waals surface area contributed by atoms with Gasteiger partial charge in [0.15, 0.2) is 0 Å². The average molecular weight is 821 g/mol. The molecule has 1 heterocycles. The van der Waals surface area contributed by atoms with Crippen LogP contribution in [-0.4, -0.2) is 4.98 Å². The molecule has 1 aromatic heterocycles. The Kier molecular flexibility index (Phi) is 8.58. The number of hydrogen-bond donors (Lipinski definition) is 1. The van der Waals surface area contributed by atoms with Crippen LogP contribution in [0.1, 0.15) is 49.9 Å². The third kappa shape index (κ3) is 5.93. The van der Waals surface area contributed by atoms with Crippen LogP contribution in [-0.2, 0) is 10.8 Å². The molecule has 2 aliphatic rings. The number of hydrogen-bond acceptors (Lipinski definition) is 1. The first-order chi connectivity index (χ1) is 31.2. The lowest BCUT2D eigenvalue weighted by Crippen LogP contribution is -2.16. The fraction of sp³-hybridized carbons (Fsp3) is 0.0968. The third-order valence-corrected chi connectivity index (χ3v) is 14.2. The number of aromatic amines is 1. The van der Waals surface area contributed by atoms with Gasteiger partial charge in [0.05, 0.1) is 5.69 Å². The number of anilines is 3. The van der Waals surface area contributed by atoms with Crippen LogP contribution in [0.4, 0.5) is 17.1 Å². The highest BCUT2D eigenvalue weighted by atomic mass is 15.1. The number of fused-ring (bicyclic) bond motifs is 7. The Bertz CT molecular complexity index is 3390. The van der Waals surface area contributed by atoms with Gasteiger partial charge in [-0.05, 0) is 132 Å². The first-order valence-electron chi connectivity index (χ1n) is 22.5. The lowest BCUT2D eigenvalue weighted by Gasteiger charge is -2.28. The molecule has 0 radical (unpaired) electrons. The van der Waals surface area contributed by atoms with Crippen LogP contribution in [0.25, 0.3) is 77.8 Å². The maximum Gasteiger partial charge on any atom is 0.0544 e. The molecule has 0 fully saturated rings. The second-order valence-corrected chi connectivity index (χ2v) is 18.6. The molecular weight excluding hydrogens is 773 g/mol. The molecule has 0 aliphatic heterocycles. The van der Waals surface area contributed by atoms with Gasteiger partial charge in [-0.2, -0.15) is 0 Å². The molecule has 1 N–H and O–H groups in total. The molecule has 64 heavy (non-hydrogen) atoms. The van der Waals surface area contributed by atoms with E-state index in [2.05, 4.69) is 250 Å². The molecule has 306 valence electrons. The smallest absolute Gasteiger partial charge is 0.0544 e. The monoisotopic (exact) mass is 820 g/mol. The van der Waals surface area contributed by atoms with Gasteiger partial charge in [-0.15, -0.1) is 0 Å². The second kappa shape index (κ2) is 14.4. The minimum absolute atomic E-state index is 0.0990. The van der Waals surface area contributed by atoms with E-state index in [4.69, 9.17) is 0 Å². The van der Waals surface area contributed by atoms with E-state index in [9.17, 15) is 0 Å². The molecular formula is C62H48N2. The van der Waals surface area contributed by atoms with Crippen molar-refractivity contribution < 1.29 is 0 Å². The van der Waals surface area contributed by atoms with E-state index >= 15 is 0 Å². The Morgan fingerprint density at radius 1 is 0.328 bits per heavy atom. The maximum absolute atomic E-state index is 3.87. The van der Waals surface area contributed by atoms with Crippen LogP contribution in [0.5, 0.6) is 0 Å². The van der Waals surface area contributed by atoms with Crippen molar-refractivity contribution >= 4 is 28.0 Å². The Morgan fingerprint density at radius 3 is 1.45 bits per heavy atom. The van der Waals surface area contributed by atoms with Crippen molar-refractivity contribution in [1.82, 2.24) is 4.98 Å². The van der Waals surface area contributed by atoms with Crippen molar-refractivity contribution in [2.24, 2.45) is 0 Å². The van der Waals surface area contributed by atoms with Crippen LogP contribution in [0.3, 0.4) is 0 Å². The highest BCUT2D eigenvalue weighted by molar-refractivity contribution is 6.07. The molecule has 0 saturated carbocycles. The van der Waals surface area contributed by atoms with Crippen LogP contribution in [0.15, 0.2) is 212 Å². The van der Waals surface area contributed by atoms with E-state index in [1.807, 2.05) is 0 Å². The Hall–Kier alpha value is -7.68. The fourth-order valence-corrected chi connectivity index (χ4v) is 10.8. The van der Waals surface area contributed by atoms with Gasteiger partial charge in [-0.3, -0.25) is 0 Å². The predicted molar refractivity (Wildman–Crippen MR) is 270 cm³/mol. The van der Waals surface area contributed by atoms with Crippen LogP contribution < -0.4 is 4.90 Å². The number of H-pyrrole nitrogens is 1. The van der Waals surface area contributed by atoms with Crippen molar-refractivity contribution in [2.45, 2.75) is 38.5 Å². The van der Waals surface area contributed by atoms with Gasteiger partial charge in [-0.1, -0.05) is 185 Å². The summed E-state index contributed by atoms with van der Waals surface area (Å²) in [5.74, 6) is 0. The summed E-state index contributed by atoms with van der Waals surface area (Å²) < 4.78 is 0. The molecule has 0 spiro atoms. The highest BCUT2D eigenvalue weighted by Crippen LogP contribution is 2.54. The van der Waals surface area contributed by atoms with Crippen molar-refractivity contribution in [2.75, 3.05) is 4.90 Å². The second-order valence-electron chi connectivity index (χ2n) is 18.6. The van der Waals surface area contributed by atoms with Gasteiger partial charge in [-0.25, -0.2) is 0 Å². The summed E-state index contributed by atoms with van der Waals surface area (Å²) in [6.07, 6.45) is 0. The third-order valence-electron chi connectivity index (χ3n) is 14.2. The first kappa shape index (κ1) is 38.0. The van der Waals surface area contributed by atoms with Gasteiger partial charge in [0, 0.05) is 44.4 Å². The lowest BCUT2D eigenvalue weighted by molar-refractivity contribution is 0.660. The van der Waals surface area contributed by atoms with E-state index < -0.39 is 0 Å². The zero-order valence-electron chi connectivity index (χ0n) is 36.7. The molecule has 0 bridgehead atoms. The summed E-state index contributed by atoms with van der Waals surface area (Å²) in [6.45, 7) is 9.48. The average Bonchev–Trinajstić information content (AvgIpc) is 3.91. The fourth-order valence-electron chi connectivity index (χ4n) is 10.8. The van der Waals surface area contributed by atoms with Gasteiger partial charge < -0.3 is 9.88 Å². The molecule has 2 nitrogen and oxygen atoms in total. The summed E-state index contributed by atoms with van der Waals surface area (Å²) in [5.41, 5.74) is 24.7. The van der Waals surface area contributed by atoms with Crippen molar-refractivity contribution in [3.63, 3.8) is 0 Å². The summed E-state index contributed by atoms with van der Waals surface area (Å²) in [5, 5.41) is 1.25. The van der Waals surface area contributed by atoms with Gasteiger partial charge >= 0.3 is 0 Å². The standard InChI is InChI=1S/C62H48N2/c1-61(2)54-23-15-14-22-49(54)50-35-33-48(37-56(50)61)64(46-29-24-41(25-30-46)40-16-8-5-9-17-40)47-31-26-42(27-32-47)45-28-34-51-52-38-53-58(39-57(52)62(3,4)55(51)36-45)63-60(44-20-12-7-13-21-44)59(53)43-18-10-6-11-19-43/h5-39,63H,1-4H3. The van der Waals surface area contributed by atoms with Crippen molar-refractivity contribution in [1.29, 1.82) is 0 Å². The predicted octanol–water partition coefficient (Wildman–Crippen LogP) is 16.9. The maximum atomic E-state index is 3.87. The van der Waals surface area contributed by atoms with E-state index in [-0.39, 0.29) is 10.8 Å². The number of nitrogens with one attached hydrogen (secondary N) is 1. The Balaban J connectivity index is 0.928. The largest absolute Gasteiger partial charge is 0.354 e. The Labute approximate surface area is 376 Å². The van der Waals surface area contributed by atoms with E-state index in [1.54, 1.807) is 0 Å². The highest BCUT2D eigenvalue weighted by Gasteiger charge is 2.38. The first-order valence-corrected chi connectivity index (χ1v) is 22.5. The van der Waals surface area contributed by atoms with E-state index in [0.29, 0.717) is 0 Å². The molecule has 0 amide bonds. The van der Waals surface area contributed by atoms with Crippen molar-refractivity contribution in [3.8, 4) is 66.9 Å². The van der Waals surface area contributed by atoms with Gasteiger partial charge in [0.1, 0.15) is 0 Å². The van der Waals surface area contributed by atoms with Crippen molar-refractivity contribution in [3.05, 3.63) is 235 Å². The summed E-state index contributed by atoms with van der Waals surface area (Å²) in [7, 11) is 0. The Morgan fingerprint density at radius 2 is 0.781 bits per heavy atom. The quantitative estimate of drug-likeness (QED) is 0.170. The van der Waals surface area contributed by atoms with Crippen LogP contribution in [0, 0.1) is 0 Å². The summed E-state index contributed by atoms with van der Waals surface area (Å²) in [6, 6.07) is 78.2.